The van der Waals surface area contributed by atoms with Crippen molar-refractivity contribution in [1.82, 2.24) is 5.32 Å². The van der Waals surface area contributed by atoms with E-state index in [0.29, 0.717) is 12.8 Å². The average Bonchev–Trinajstić information content (AvgIpc) is 2.61. The second kappa shape index (κ2) is 9.12. The molecule has 2 atom stereocenters. The highest BCUT2D eigenvalue weighted by atomic mass is 16.4. The number of rotatable bonds is 10. The maximum absolute atomic E-state index is 11.6. The topological polar surface area (TPSA) is 113 Å². The van der Waals surface area contributed by atoms with Gasteiger partial charge in [0, 0.05) is 11.6 Å². The Kier molecular flexibility index (Phi) is 6.89. The Hall–Kier alpha value is -2.70. The van der Waals surface area contributed by atoms with Crippen LogP contribution in [0.3, 0.4) is 0 Å². The number of nitrogens with two attached hydrogens (primary N) is 1. The van der Waals surface area contributed by atoms with Gasteiger partial charge in [-0.3, -0.25) is 14.9 Å². The van der Waals surface area contributed by atoms with E-state index in [1.54, 1.807) is 0 Å². The fourth-order valence-electron chi connectivity index (χ4n) is 3.13. The minimum atomic E-state index is -1.08. The van der Waals surface area contributed by atoms with E-state index < -0.39 is 23.5 Å². The number of carboxylic acids is 2. The summed E-state index contributed by atoms with van der Waals surface area (Å²) >= 11 is 0. The van der Waals surface area contributed by atoms with Crippen LogP contribution in [0.1, 0.15) is 17.5 Å². The predicted molar refractivity (Wildman–Crippen MR) is 98.9 cm³/mol. The van der Waals surface area contributed by atoms with Gasteiger partial charge in [-0.25, -0.2) is 0 Å². The second-order valence-corrected chi connectivity index (χ2v) is 6.43. The summed E-state index contributed by atoms with van der Waals surface area (Å²) in [4.78, 5) is 22.7. The molecule has 0 fully saturated rings. The molecule has 26 heavy (non-hydrogen) atoms. The van der Waals surface area contributed by atoms with Crippen LogP contribution in [0.4, 0.5) is 0 Å². The van der Waals surface area contributed by atoms with E-state index in [1.165, 1.54) is 0 Å². The number of carboxylic acid groups (broad SMARTS) is 2. The van der Waals surface area contributed by atoms with Gasteiger partial charge in [0.25, 0.3) is 0 Å². The molecule has 0 radical (unpaired) electrons. The summed E-state index contributed by atoms with van der Waals surface area (Å²) < 4.78 is 0. The lowest BCUT2D eigenvalue weighted by Gasteiger charge is -2.39. The van der Waals surface area contributed by atoms with Crippen LogP contribution < -0.4 is 11.1 Å². The molecule has 6 heteroatoms. The van der Waals surface area contributed by atoms with Crippen molar-refractivity contribution in [3.63, 3.8) is 0 Å². The molecule has 2 aromatic carbocycles. The van der Waals surface area contributed by atoms with E-state index in [1.807, 2.05) is 60.7 Å². The number of benzene rings is 2. The smallest absolute Gasteiger partial charge is 0.317 e. The molecule has 2 aromatic rings. The van der Waals surface area contributed by atoms with Gasteiger partial charge in [0.2, 0.25) is 0 Å². The Morgan fingerprint density at radius 1 is 0.923 bits per heavy atom. The van der Waals surface area contributed by atoms with E-state index in [0.717, 1.165) is 11.1 Å². The lowest BCUT2D eigenvalue weighted by atomic mass is 9.78. The first kappa shape index (κ1) is 19.6. The Morgan fingerprint density at radius 2 is 1.46 bits per heavy atom. The molecular formula is C20H24N2O4. The van der Waals surface area contributed by atoms with Gasteiger partial charge in [-0.2, -0.15) is 0 Å². The van der Waals surface area contributed by atoms with E-state index in [2.05, 4.69) is 5.32 Å². The molecule has 0 saturated carbocycles. The van der Waals surface area contributed by atoms with Gasteiger partial charge in [0.1, 0.15) is 0 Å². The monoisotopic (exact) mass is 356 g/mol. The van der Waals surface area contributed by atoms with Crippen LogP contribution >= 0.6 is 0 Å². The van der Waals surface area contributed by atoms with Crippen molar-refractivity contribution in [2.75, 3.05) is 6.54 Å². The Bertz CT molecular complexity index is 721. The molecule has 0 aliphatic carbocycles. The van der Waals surface area contributed by atoms with Crippen LogP contribution in [0.5, 0.6) is 0 Å². The molecule has 0 saturated heterocycles. The van der Waals surface area contributed by atoms with E-state index in [9.17, 15) is 14.7 Å². The molecule has 0 heterocycles. The highest BCUT2D eigenvalue weighted by molar-refractivity contribution is 5.71. The van der Waals surface area contributed by atoms with Crippen molar-refractivity contribution >= 4 is 11.9 Å². The zero-order valence-electron chi connectivity index (χ0n) is 14.5. The molecule has 0 aliphatic rings. The van der Waals surface area contributed by atoms with Crippen molar-refractivity contribution < 1.29 is 19.8 Å². The fourth-order valence-corrected chi connectivity index (χ4v) is 3.13. The number of hydrogen-bond acceptors (Lipinski definition) is 4. The number of carbonyl (C=O) groups is 2. The predicted octanol–water partition coefficient (Wildman–Crippen LogP) is 1.69. The Labute approximate surface area is 152 Å². The van der Waals surface area contributed by atoms with Crippen LogP contribution in [0, 0.1) is 0 Å². The largest absolute Gasteiger partial charge is 0.481 e. The van der Waals surface area contributed by atoms with Crippen LogP contribution in [-0.4, -0.2) is 40.3 Å². The van der Waals surface area contributed by atoms with Gasteiger partial charge < -0.3 is 15.9 Å². The summed E-state index contributed by atoms with van der Waals surface area (Å²) in [6.07, 6.45) is 0.484. The minimum Gasteiger partial charge on any atom is -0.481 e. The zero-order chi connectivity index (χ0) is 19.0. The fraction of sp³-hybridized carbons (Fsp3) is 0.300. The van der Waals surface area contributed by atoms with Gasteiger partial charge in [0.15, 0.2) is 0 Å². The van der Waals surface area contributed by atoms with Gasteiger partial charge in [-0.05, 0) is 24.0 Å². The van der Waals surface area contributed by atoms with Crippen molar-refractivity contribution in [2.24, 2.45) is 5.73 Å². The first-order valence-electron chi connectivity index (χ1n) is 8.43. The average molecular weight is 356 g/mol. The molecule has 0 bridgehead atoms. The van der Waals surface area contributed by atoms with Crippen LogP contribution in [0.15, 0.2) is 60.7 Å². The summed E-state index contributed by atoms with van der Waals surface area (Å²) in [7, 11) is 0. The van der Waals surface area contributed by atoms with Crippen LogP contribution in [-0.2, 0) is 22.4 Å². The molecule has 0 aliphatic heterocycles. The van der Waals surface area contributed by atoms with E-state index in [-0.39, 0.29) is 13.0 Å². The molecule has 138 valence electrons. The normalized spacial score (nSPS) is 14.3. The summed E-state index contributed by atoms with van der Waals surface area (Å²) in [5.41, 5.74) is 7.24. The third-order valence-corrected chi connectivity index (χ3v) is 4.43. The second-order valence-electron chi connectivity index (χ2n) is 6.43. The summed E-state index contributed by atoms with van der Waals surface area (Å²) in [6.45, 7) is -0.359. The third kappa shape index (κ3) is 5.68. The molecule has 0 amide bonds. The van der Waals surface area contributed by atoms with E-state index in [4.69, 9.17) is 10.8 Å². The summed E-state index contributed by atoms with van der Waals surface area (Å²) in [6, 6.07) is 18.3. The summed E-state index contributed by atoms with van der Waals surface area (Å²) in [5.74, 6) is -2.08. The van der Waals surface area contributed by atoms with Crippen molar-refractivity contribution in [3.05, 3.63) is 71.8 Å². The van der Waals surface area contributed by atoms with Gasteiger partial charge in [-0.1, -0.05) is 60.7 Å². The summed E-state index contributed by atoms with van der Waals surface area (Å²) in [5, 5.41) is 21.5. The van der Waals surface area contributed by atoms with Crippen molar-refractivity contribution in [1.29, 1.82) is 0 Å². The lowest BCUT2D eigenvalue weighted by Crippen LogP contribution is -2.62. The minimum absolute atomic E-state index is 0.275. The molecule has 2 rings (SSSR count). The van der Waals surface area contributed by atoms with Crippen LogP contribution in [0.2, 0.25) is 0 Å². The molecular weight excluding hydrogens is 332 g/mol. The first-order valence-corrected chi connectivity index (χ1v) is 8.43. The molecule has 6 nitrogen and oxygen atoms in total. The Morgan fingerprint density at radius 3 is 1.96 bits per heavy atom. The lowest BCUT2D eigenvalue weighted by molar-refractivity contribution is -0.141. The molecule has 0 aromatic heterocycles. The number of aliphatic carboxylic acids is 2. The van der Waals surface area contributed by atoms with Crippen molar-refractivity contribution in [3.8, 4) is 0 Å². The molecule has 0 spiro atoms. The van der Waals surface area contributed by atoms with Gasteiger partial charge in [-0.15, -0.1) is 0 Å². The quantitative estimate of drug-likeness (QED) is 0.515. The highest BCUT2D eigenvalue weighted by Crippen LogP contribution is 2.24. The van der Waals surface area contributed by atoms with E-state index >= 15 is 0 Å². The highest BCUT2D eigenvalue weighted by Gasteiger charge is 2.39. The zero-order valence-corrected chi connectivity index (χ0v) is 14.5. The molecule has 2 unspecified atom stereocenters. The van der Waals surface area contributed by atoms with Crippen LogP contribution in [0.25, 0.3) is 0 Å². The maximum Gasteiger partial charge on any atom is 0.317 e. The Balaban J connectivity index is 2.34. The standard InChI is InChI=1S/C20H24N2O4/c21-17(11-15-7-3-1-4-8-15)20(13-18(23)24,22-14-19(25)26)12-16-9-5-2-6-10-16/h1-10,17,22H,11-14,21H2,(H,23,24)(H,25,26). The number of nitrogens with one attached hydrogen (secondary N) is 1. The van der Waals surface area contributed by atoms with Crippen molar-refractivity contribution in [2.45, 2.75) is 30.8 Å². The maximum atomic E-state index is 11.6. The number of hydrogen-bond donors (Lipinski definition) is 4. The van der Waals surface area contributed by atoms with Gasteiger partial charge >= 0.3 is 11.9 Å². The third-order valence-electron chi connectivity index (χ3n) is 4.43. The molecule has 5 N–H and O–H groups in total. The first-order chi connectivity index (χ1) is 12.4. The SMILES string of the molecule is NC(Cc1ccccc1)C(CC(=O)O)(Cc1ccccc1)NCC(=O)O. The van der Waals surface area contributed by atoms with Gasteiger partial charge in [0.05, 0.1) is 13.0 Å².